The van der Waals surface area contributed by atoms with Gasteiger partial charge in [0.15, 0.2) is 0 Å². The van der Waals surface area contributed by atoms with Crippen LogP contribution in [-0.2, 0) is 6.54 Å². The van der Waals surface area contributed by atoms with Gasteiger partial charge in [-0.1, -0.05) is 37.9 Å². The van der Waals surface area contributed by atoms with E-state index in [0.717, 1.165) is 28.3 Å². The third kappa shape index (κ3) is 5.06. The van der Waals surface area contributed by atoms with Crippen molar-refractivity contribution in [3.05, 3.63) is 34.1 Å². The van der Waals surface area contributed by atoms with Crippen LogP contribution in [-0.4, -0.2) is 22.8 Å². The standard InChI is InChI=1S/C13H18Br2FN/c1-10(2)17(7-3-6-14)9-11-4-5-12(15)8-13(11)16/h4-5,8,10H,3,6-7,9H2,1-2H3. The molecule has 0 saturated carbocycles. The molecule has 96 valence electrons. The number of alkyl halides is 1. The molecule has 0 aliphatic rings. The predicted octanol–water partition coefficient (Wildman–Crippen LogP) is 4.58. The van der Waals surface area contributed by atoms with Gasteiger partial charge in [-0.3, -0.25) is 4.90 Å². The van der Waals surface area contributed by atoms with Gasteiger partial charge in [-0.05, 0) is 38.9 Å². The average molecular weight is 367 g/mol. The molecule has 0 amide bonds. The summed E-state index contributed by atoms with van der Waals surface area (Å²) in [5, 5.41) is 0.985. The smallest absolute Gasteiger partial charge is 0.128 e. The number of hydrogen-bond acceptors (Lipinski definition) is 1. The van der Waals surface area contributed by atoms with Crippen molar-refractivity contribution in [1.82, 2.24) is 4.90 Å². The molecule has 0 aromatic heterocycles. The summed E-state index contributed by atoms with van der Waals surface area (Å²) in [6.07, 6.45) is 1.08. The molecule has 0 atom stereocenters. The van der Waals surface area contributed by atoms with Gasteiger partial charge in [-0.15, -0.1) is 0 Å². The van der Waals surface area contributed by atoms with Crippen molar-refractivity contribution in [2.75, 3.05) is 11.9 Å². The minimum atomic E-state index is -0.135. The molecule has 1 rings (SSSR count). The normalized spacial score (nSPS) is 11.5. The molecule has 0 N–H and O–H groups in total. The fraction of sp³-hybridized carbons (Fsp3) is 0.538. The molecule has 0 aliphatic heterocycles. The molecule has 0 unspecified atom stereocenters. The van der Waals surface area contributed by atoms with Crippen LogP contribution in [0.2, 0.25) is 0 Å². The Morgan fingerprint density at radius 2 is 2.06 bits per heavy atom. The van der Waals surface area contributed by atoms with Gasteiger partial charge >= 0.3 is 0 Å². The zero-order chi connectivity index (χ0) is 12.8. The Morgan fingerprint density at radius 3 is 2.59 bits per heavy atom. The third-order valence-electron chi connectivity index (χ3n) is 2.70. The first kappa shape index (κ1) is 15.1. The zero-order valence-electron chi connectivity index (χ0n) is 10.2. The van der Waals surface area contributed by atoms with Gasteiger partial charge in [0.1, 0.15) is 5.82 Å². The van der Waals surface area contributed by atoms with Crippen molar-refractivity contribution in [2.24, 2.45) is 0 Å². The van der Waals surface area contributed by atoms with Crippen molar-refractivity contribution < 1.29 is 4.39 Å². The fourth-order valence-corrected chi connectivity index (χ4v) is 2.24. The second-order valence-electron chi connectivity index (χ2n) is 4.34. The van der Waals surface area contributed by atoms with Crippen LogP contribution in [0.3, 0.4) is 0 Å². The Bertz CT molecular complexity index is 355. The van der Waals surface area contributed by atoms with Crippen LogP contribution in [0.25, 0.3) is 0 Å². The minimum Gasteiger partial charge on any atom is -0.297 e. The highest BCUT2D eigenvalue weighted by molar-refractivity contribution is 9.10. The van der Waals surface area contributed by atoms with Crippen LogP contribution in [0.4, 0.5) is 4.39 Å². The Morgan fingerprint density at radius 1 is 1.35 bits per heavy atom. The summed E-state index contributed by atoms with van der Waals surface area (Å²) in [6, 6.07) is 5.69. The van der Waals surface area contributed by atoms with Gasteiger partial charge < -0.3 is 0 Å². The lowest BCUT2D eigenvalue weighted by atomic mass is 10.1. The lowest BCUT2D eigenvalue weighted by Gasteiger charge is -2.26. The van der Waals surface area contributed by atoms with Crippen LogP contribution in [0.15, 0.2) is 22.7 Å². The van der Waals surface area contributed by atoms with E-state index in [9.17, 15) is 4.39 Å². The van der Waals surface area contributed by atoms with E-state index in [4.69, 9.17) is 0 Å². The van der Waals surface area contributed by atoms with E-state index in [-0.39, 0.29) is 5.82 Å². The highest BCUT2D eigenvalue weighted by Crippen LogP contribution is 2.18. The largest absolute Gasteiger partial charge is 0.297 e. The maximum absolute atomic E-state index is 13.7. The Kier molecular flexibility index (Phi) is 6.67. The van der Waals surface area contributed by atoms with Gasteiger partial charge in [0.25, 0.3) is 0 Å². The molecule has 0 aliphatic carbocycles. The summed E-state index contributed by atoms with van der Waals surface area (Å²) >= 11 is 6.70. The van der Waals surface area contributed by atoms with E-state index >= 15 is 0 Å². The Labute approximate surface area is 120 Å². The molecule has 0 saturated heterocycles. The SMILES string of the molecule is CC(C)N(CCCBr)Cc1ccc(Br)cc1F. The molecule has 0 radical (unpaired) electrons. The molecule has 0 heterocycles. The molecule has 1 aromatic carbocycles. The number of rotatable bonds is 6. The Balaban J connectivity index is 2.71. The van der Waals surface area contributed by atoms with Gasteiger partial charge in [-0.25, -0.2) is 4.39 Å². The quantitative estimate of drug-likeness (QED) is 0.666. The molecular weight excluding hydrogens is 349 g/mol. The second-order valence-corrected chi connectivity index (χ2v) is 6.05. The van der Waals surface area contributed by atoms with E-state index in [1.165, 1.54) is 6.07 Å². The first-order valence-electron chi connectivity index (χ1n) is 5.78. The van der Waals surface area contributed by atoms with Gasteiger partial charge in [0.2, 0.25) is 0 Å². The van der Waals surface area contributed by atoms with E-state index < -0.39 is 0 Å². The van der Waals surface area contributed by atoms with Crippen LogP contribution in [0.5, 0.6) is 0 Å². The molecule has 17 heavy (non-hydrogen) atoms. The van der Waals surface area contributed by atoms with Crippen molar-refractivity contribution in [1.29, 1.82) is 0 Å². The topological polar surface area (TPSA) is 3.24 Å². The van der Waals surface area contributed by atoms with Crippen molar-refractivity contribution in [3.63, 3.8) is 0 Å². The van der Waals surface area contributed by atoms with E-state index in [1.807, 2.05) is 12.1 Å². The fourth-order valence-electron chi connectivity index (χ4n) is 1.65. The van der Waals surface area contributed by atoms with Crippen molar-refractivity contribution >= 4 is 31.9 Å². The van der Waals surface area contributed by atoms with Crippen LogP contribution in [0, 0.1) is 5.82 Å². The third-order valence-corrected chi connectivity index (χ3v) is 3.75. The zero-order valence-corrected chi connectivity index (χ0v) is 13.4. The van der Waals surface area contributed by atoms with Crippen LogP contribution in [0.1, 0.15) is 25.8 Å². The Hall–Kier alpha value is 0.0700. The second kappa shape index (κ2) is 7.49. The first-order valence-corrected chi connectivity index (χ1v) is 7.70. The molecular formula is C13H18Br2FN. The number of hydrogen-bond donors (Lipinski definition) is 0. The first-order chi connectivity index (χ1) is 8.04. The lowest BCUT2D eigenvalue weighted by Crippen LogP contribution is -2.31. The van der Waals surface area contributed by atoms with Crippen molar-refractivity contribution in [2.45, 2.75) is 32.9 Å². The molecule has 1 nitrogen and oxygen atoms in total. The summed E-state index contributed by atoms with van der Waals surface area (Å²) < 4.78 is 14.5. The highest BCUT2D eigenvalue weighted by Gasteiger charge is 2.12. The predicted molar refractivity (Wildman–Crippen MR) is 78.1 cm³/mol. The van der Waals surface area contributed by atoms with Gasteiger partial charge in [0, 0.05) is 28.0 Å². The summed E-state index contributed by atoms with van der Waals surface area (Å²) in [4.78, 5) is 2.29. The lowest BCUT2D eigenvalue weighted by molar-refractivity contribution is 0.211. The molecule has 0 fully saturated rings. The van der Waals surface area contributed by atoms with Gasteiger partial charge in [-0.2, -0.15) is 0 Å². The van der Waals surface area contributed by atoms with Gasteiger partial charge in [0.05, 0.1) is 0 Å². The maximum Gasteiger partial charge on any atom is 0.128 e. The number of nitrogens with zero attached hydrogens (tertiary/aromatic N) is 1. The summed E-state index contributed by atoms with van der Waals surface area (Å²) in [6.45, 7) is 5.94. The van der Waals surface area contributed by atoms with Crippen LogP contribution >= 0.6 is 31.9 Å². The number of benzene rings is 1. The molecule has 0 bridgehead atoms. The van der Waals surface area contributed by atoms with E-state index in [1.54, 1.807) is 0 Å². The summed E-state index contributed by atoms with van der Waals surface area (Å²) in [7, 11) is 0. The van der Waals surface area contributed by atoms with Crippen LogP contribution < -0.4 is 0 Å². The number of halogens is 3. The summed E-state index contributed by atoms with van der Waals surface area (Å²) in [5.41, 5.74) is 0.761. The maximum atomic E-state index is 13.7. The van der Waals surface area contributed by atoms with E-state index in [2.05, 4.69) is 50.6 Å². The molecule has 0 spiro atoms. The monoisotopic (exact) mass is 365 g/mol. The highest BCUT2D eigenvalue weighted by atomic mass is 79.9. The minimum absolute atomic E-state index is 0.135. The molecule has 4 heteroatoms. The van der Waals surface area contributed by atoms with E-state index in [0.29, 0.717) is 12.6 Å². The average Bonchev–Trinajstić information content (AvgIpc) is 2.26. The summed E-state index contributed by atoms with van der Waals surface area (Å²) in [5.74, 6) is -0.135. The molecule has 1 aromatic rings. The van der Waals surface area contributed by atoms with Crippen molar-refractivity contribution in [3.8, 4) is 0 Å².